The highest BCUT2D eigenvalue weighted by Crippen LogP contribution is 2.25. The van der Waals surface area contributed by atoms with Crippen LogP contribution in [0.15, 0.2) is 30.3 Å². The first-order valence-electron chi connectivity index (χ1n) is 5.25. The van der Waals surface area contributed by atoms with Gasteiger partial charge in [-0.1, -0.05) is 0 Å². The molecular weight excluding hydrogens is 265 g/mol. The van der Waals surface area contributed by atoms with Crippen molar-refractivity contribution in [1.82, 2.24) is 0 Å². The van der Waals surface area contributed by atoms with Gasteiger partial charge in [0.1, 0.15) is 11.6 Å². The highest BCUT2D eigenvalue weighted by molar-refractivity contribution is 5.33. The smallest absolute Gasteiger partial charge is 0.194 e. The van der Waals surface area contributed by atoms with Crippen LogP contribution in [0.5, 0.6) is 0 Å². The van der Waals surface area contributed by atoms with Crippen molar-refractivity contribution in [1.29, 1.82) is 0 Å². The normalized spacial score (nSPS) is 12.5. The van der Waals surface area contributed by atoms with Crippen molar-refractivity contribution in [3.8, 4) is 0 Å². The largest absolute Gasteiger partial charge is 0.320 e. The van der Waals surface area contributed by atoms with E-state index in [1.165, 1.54) is 0 Å². The van der Waals surface area contributed by atoms with Crippen LogP contribution in [-0.2, 0) is 0 Å². The minimum absolute atomic E-state index is 0.194. The average Bonchev–Trinajstić information content (AvgIpc) is 2.37. The Morgan fingerprint density at radius 3 is 1.95 bits per heavy atom. The third-order valence-corrected chi connectivity index (χ3v) is 2.66. The van der Waals surface area contributed by atoms with E-state index in [0.717, 1.165) is 18.2 Å². The number of hydrogen-bond acceptors (Lipinski definition) is 1. The Morgan fingerprint density at radius 1 is 0.789 bits per heavy atom. The second-order valence-corrected chi connectivity index (χ2v) is 3.94. The van der Waals surface area contributed by atoms with Crippen LogP contribution in [0.2, 0.25) is 0 Å². The van der Waals surface area contributed by atoms with E-state index >= 15 is 0 Å². The molecule has 2 aromatic carbocycles. The summed E-state index contributed by atoms with van der Waals surface area (Å²) in [6.45, 7) is 0. The fourth-order valence-electron chi connectivity index (χ4n) is 1.69. The highest BCUT2D eigenvalue weighted by atomic mass is 19.2. The Balaban J connectivity index is 2.49. The van der Waals surface area contributed by atoms with Gasteiger partial charge >= 0.3 is 0 Å². The third-order valence-electron chi connectivity index (χ3n) is 2.66. The Bertz CT molecular complexity index is 603. The number of hydrogen-bond donors (Lipinski definition) is 1. The van der Waals surface area contributed by atoms with E-state index in [1.54, 1.807) is 0 Å². The monoisotopic (exact) mass is 273 g/mol. The van der Waals surface area contributed by atoms with Gasteiger partial charge in [0.05, 0.1) is 6.04 Å². The van der Waals surface area contributed by atoms with Crippen molar-refractivity contribution in [2.75, 3.05) is 0 Å². The van der Waals surface area contributed by atoms with E-state index in [9.17, 15) is 22.0 Å². The van der Waals surface area contributed by atoms with Crippen molar-refractivity contribution < 1.29 is 22.0 Å². The maximum absolute atomic E-state index is 13.5. The van der Waals surface area contributed by atoms with E-state index in [1.807, 2.05) is 0 Å². The molecule has 2 N–H and O–H groups in total. The predicted octanol–water partition coefficient (Wildman–Crippen LogP) is 3.43. The van der Waals surface area contributed by atoms with Gasteiger partial charge in [-0.15, -0.1) is 0 Å². The van der Waals surface area contributed by atoms with Crippen LogP contribution in [0.3, 0.4) is 0 Å². The summed E-state index contributed by atoms with van der Waals surface area (Å²) in [5.74, 6) is -6.09. The van der Waals surface area contributed by atoms with Crippen LogP contribution < -0.4 is 5.73 Å². The summed E-state index contributed by atoms with van der Waals surface area (Å²) in [6, 6.07) is 2.54. The fraction of sp³-hybridized carbons (Fsp3) is 0.0769. The highest BCUT2D eigenvalue weighted by Gasteiger charge is 2.19. The van der Waals surface area contributed by atoms with Gasteiger partial charge in [-0.25, -0.2) is 22.0 Å². The van der Waals surface area contributed by atoms with Crippen molar-refractivity contribution in [2.45, 2.75) is 6.04 Å². The fourth-order valence-corrected chi connectivity index (χ4v) is 1.69. The molecule has 0 saturated heterocycles. The molecule has 0 fully saturated rings. The van der Waals surface area contributed by atoms with Crippen LogP contribution in [0, 0.1) is 29.1 Å². The minimum Gasteiger partial charge on any atom is -0.320 e. The molecule has 19 heavy (non-hydrogen) atoms. The van der Waals surface area contributed by atoms with Gasteiger partial charge in [-0.3, -0.25) is 0 Å². The molecule has 0 amide bonds. The molecule has 0 aliphatic carbocycles. The number of halogens is 5. The summed E-state index contributed by atoms with van der Waals surface area (Å²) >= 11 is 0. The molecule has 0 aliphatic rings. The van der Waals surface area contributed by atoms with E-state index in [-0.39, 0.29) is 11.1 Å². The van der Waals surface area contributed by atoms with Crippen molar-refractivity contribution in [3.05, 3.63) is 70.5 Å². The molecule has 1 atom stereocenters. The summed E-state index contributed by atoms with van der Waals surface area (Å²) in [5, 5.41) is 0. The molecule has 0 aromatic heterocycles. The van der Waals surface area contributed by atoms with Gasteiger partial charge in [-0.05, 0) is 35.9 Å². The topological polar surface area (TPSA) is 26.0 Å². The molecule has 2 aromatic rings. The summed E-state index contributed by atoms with van der Waals surface area (Å²) < 4.78 is 65.4. The quantitative estimate of drug-likeness (QED) is 0.658. The van der Waals surface area contributed by atoms with Gasteiger partial charge in [0.2, 0.25) is 0 Å². The van der Waals surface area contributed by atoms with Gasteiger partial charge in [-0.2, -0.15) is 0 Å². The standard InChI is InChI=1S/C13H8F5N/c14-7-1-2-9(15)8(5-7)13(19)6-3-10(16)12(18)11(17)4-6/h1-5,13H,19H2. The number of rotatable bonds is 2. The van der Waals surface area contributed by atoms with Crippen LogP contribution >= 0.6 is 0 Å². The Kier molecular flexibility index (Phi) is 3.53. The van der Waals surface area contributed by atoms with Crippen LogP contribution in [0.25, 0.3) is 0 Å². The lowest BCUT2D eigenvalue weighted by atomic mass is 9.98. The molecule has 1 unspecified atom stereocenters. The first-order chi connectivity index (χ1) is 8.90. The van der Waals surface area contributed by atoms with E-state index in [0.29, 0.717) is 12.1 Å². The second kappa shape index (κ2) is 4.97. The predicted molar refractivity (Wildman–Crippen MR) is 58.7 cm³/mol. The molecule has 0 radical (unpaired) electrons. The summed E-state index contributed by atoms with van der Waals surface area (Å²) in [6.07, 6.45) is 0. The minimum atomic E-state index is -1.64. The lowest BCUT2D eigenvalue weighted by molar-refractivity contribution is 0.444. The summed E-state index contributed by atoms with van der Waals surface area (Å²) in [5.41, 5.74) is 5.15. The molecule has 2 rings (SSSR count). The van der Waals surface area contributed by atoms with Gasteiger partial charge < -0.3 is 5.73 Å². The maximum atomic E-state index is 13.5. The average molecular weight is 273 g/mol. The van der Waals surface area contributed by atoms with Gasteiger partial charge in [0.25, 0.3) is 0 Å². The van der Waals surface area contributed by atoms with E-state index in [2.05, 4.69) is 0 Å². The summed E-state index contributed by atoms with van der Waals surface area (Å²) in [7, 11) is 0. The lowest BCUT2D eigenvalue weighted by Crippen LogP contribution is -2.15. The number of benzene rings is 2. The molecule has 0 aliphatic heterocycles. The third kappa shape index (κ3) is 2.58. The number of nitrogens with two attached hydrogens (primary N) is 1. The molecule has 100 valence electrons. The SMILES string of the molecule is NC(c1cc(F)c(F)c(F)c1)c1cc(F)ccc1F. The molecule has 0 spiro atoms. The molecule has 0 saturated carbocycles. The molecule has 1 nitrogen and oxygen atoms in total. The summed E-state index contributed by atoms with van der Waals surface area (Å²) in [4.78, 5) is 0. The zero-order valence-corrected chi connectivity index (χ0v) is 9.43. The Hall–Kier alpha value is -1.95. The van der Waals surface area contributed by atoms with Crippen LogP contribution in [0.1, 0.15) is 17.2 Å². The lowest BCUT2D eigenvalue weighted by Gasteiger charge is -2.14. The van der Waals surface area contributed by atoms with Gasteiger partial charge in [0.15, 0.2) is 17.5 Å². The Morgan fingerprint density at radius 2 is 1.37 bits per heavy atom. The molecule has 0 bridgehead atoms. The Labute approximate surface area is 105 Å². The maximum Gasteiger partial charge on any atom is 0.194 e. The zero-order valence-electron chi connectivity index (χ0n) is 9.43. The van der Waals surface area contributed by atoms with Crippen molar-refractivity contribution >= 4 is 0 Å². The zero-order chi connectivity index (χ0) is 14.2. The molecular formula is C13H8F5N. The van der Waals surface area contributed by atoms with E-state index in [4.69, 9.17) is 5.73 Å². The van der Waals surface area contributed by atoms with Crippen LogP contribution in [0.4, 0.5) is 22.0 Å². The second-order valence-electron chi connectivity index (χ2n) is 3.94. The van der Waals surface area contributed by atoms with Crippen molar-refractivity contribution in [3.63, 3.8) is 0 Å². The molecule has 6 heteroatoms. The van der Waals surface area contributed by atoms with Crippen LogP contribution in [-0.4, -0.2) is 0 Å². The first-order valence-corrected chi connectivity index (χ1v) is 5.25. The van der Waals surface area contributed by atoms with E-state index < -0.39 is 35.1 Å². The van der Waals surface area contributed by atoms with Gasteiger partial charge in [0, 0.05) is 5.56 Å². The first kappa shape index (κ1) is 13.5. The molecule has 0 heterocycles. The van der Waals surface area contributed by atoms with Crippen molar-refractivity contribution in [2.24, 2.45) is 5.73 Å².